The van der Waals surface area contributed by atoms with Gasteiger partial charge in [-0.1, -0.05) is 39.3 Å². The summed E-state index contributed by atoms with van der Waals surface area (Å²) in [5.41, 5.74) is -3.70. The zero-order valence-electron chi connectivity index (χ0n) is 49.6. The lowest BCUT2D eigenvalue weighted by atomic mass is 9.42. The van der Waals surface area contributed by atoms with E-state index in [4.69, 9.17) is 42.6 Å². The largest absolute Gasteiger partial charge is 0.457 e. The van der Waals surface area contributed by atoms with Crippen LogP contribution >= 0.6 is 0 Å². The van der Waals surface area contributed by atoms with Crippen LogP contribution < -0.4 is 5.32 Å². The van der Waals surface area contributed by atoms with Crippen LogP contribution in [0.5, 0.6) is 0 Å². The second-order valence-corrected chi connectivity index (χ2v) is 26.8. The lowest BCUT2D eigenvalue weighted by molar-refractivity contribution is -0.394. The minimum absolute atomic E-state index is 0.0670. The molecule has 1 amide bonds. The SMILES string of the molecule is CC(=O)N[C@H]1[C@H](O[C@H]2[C@H](O[C@H]3[C@H](O[C@H]4CC[C@]5(C)[C@H]6C[C@@H](O)[C@@H]([C@](C)(O)CC/C=C(\C)C[C@H](O)[C@H](O)C(C)(C)O)[C@]6(C)CC[C@H]5C4(C)C)O[C@H](CO[C@@H]4OC[C@@H](O)[C@H](O)[C@H]4O)[C@@H](OC(C)=O)[C@@H]3O)O[C@@H](C)[C@H](O)[C@H]2O)O[C@H](CO)[C@@H](O)[C@@H]1O. The van der Waals surface area contributed by atoms with Crippen LogP contribution in [0.3, 0.4) is 0 Å². The maximum atomic E-state index is 12.8. The topological polar surface area (TPSA) is 412 Å². The van der Waals surface area contributed by atoms with Gasteiger partial charge in [0, 0.05) is 19.8 Å². The Morgan fingerprint density at radius 3 is 1.94 bits per heavy atom. The quantitative estimate of drug-likeness (QED) is 0.0344. The molecule has 4 heterocycles. The second kappa shape index (κ2) is 26.5. The van der Waals surface area contributed by atoms with Crippen molar-refractivity contribution in [1.29, 1.82) is 0 Å². The van der Waals surface area contributed by atoms with Gasteiger partial charge in [-0.2, -0.15) is 0 Å². The number of nitrogens with one attached hydrogen (secondary N) is 1. The van der Waals surface area contributed by atoms with E-state index in [9.17, 15) is 81.1 Å². The summed E-state index contributed by atoms with van der Waals surface area (Å²) in [7, 11) is 0. The number of hydrogen-bond acceptors (Lipinski definition) is 25. The molecule has 15 N–H and O–H groups in total. The Bertz CT molecular complexity index is 2200. The van der Waals surface area contributed by atoms with E-state index in [0.29, 0.717) is 44.9 Å². The number of aliphatic hydroxyl groups is 14. The van der Waals surface area contributed by atoms with Crippen LogP contribution in [0.25, 0.3) is 0 Å². The van der Waals surface area contributed by atoms with Crippen LogP contribution in [0.2, 0.25) is 0 Å². The molecule has 0 spiro atoms. The molecule has 3 aliphatic carbocycles. The molecule has 7 rings (SSSR count). The van der Waals surface area contributed by atoms with Crippen LogP contribution in [0, 0.1) is 34.0 Å². The standard InChI is InChI=1S/C57H97NO25/c1-24(19-29(63)48(72)54(7,8)73)13-12-16-57(11,74)47-28(62)20-34-55(9)18-15-35(53(5,6)33(55)14-17-56(34,47)10)81-52-46(43(71)44(78-27(4)61)32(80-52)23-76-50-42(70)38(66)30(64)22-75-50)83-51-45(41(69)37(65)25(2)77-51)82-49-36(58-26(3)60)40(68)39(67)31(21-59)79-49/h13,25,28-52,59,62-74H,12,14-23H2,1-11H3,(H,58,60)/b24-13+/t25-,28+,29-,30+,31+,32+,33-,34+,35-,36+,37-,38-,39+,40+,41+,42+,43-,44+,45+,46+,47+,48-,49-,50-,51-,52-,55-,56+,57+/m0/s1. The van der Waals surface area contributed by atoms with Crippen molar-refractivity contribution >= 4 is 11.9 Å². The van der Waals surface area contributed by atoms with Gasteiger partial charge in [0.1, 0.15) is 85.4 Å². The van der Waals surface area contributed by atoms with Gasteiger partial charge in [0.15, 0.2) is 31.3 Å². The summed E-state index contributed by atoms with van der Waals surface area (Å²) in [5, 5.41) is 157. The predicted octanol–water partition coefficient (Wildman–Crippen LogP) is -2.37. The molecule has 26 nitrogen and oxygen atoms in total. The fourth-order valence-electron chi connectivity index (χ4n) is 15.5. The third-order valence-corrected chi connectivity index (χ3v) is 19.8. The highest BCUT2D eigenvalue weighted by atomic mass is 16.8. The Labute approximate surface area is 484 Å². The van der Waals surface area contributed by atoms with Crippen molar-refractivity contribution in [1.82, 2.24) is 5.32 Å². The molecule has 0 aromatic carbocycles. The summed E-state index contributed by atoms with van der Waals surface area (Å²) < 4.78 is 55.5. The molecule has 3 saturated carbocycles. The first-order valence-electron chi connectivity index (χ1n) is 29.3. The fourth-order valence-corrected chi connectivity index (χ4v) is 15.5. The number of amides is 1. The van der Waals surface area contributed by atoms with E-state index < -0.39 is 206 Å². The van der Waals surface area contributed by atoms with E-state index in [0.717, 1.165) is 19.4 Å². The first kappa shape index (κ1) is 68.3. The highest BCUT2D eigenvalue weighted by Crippen LogP contribution is 2.71. The van der Waals surface area contributed by atoms with Crippen LogP contribution in [-0.2, 0) is 52.2 Å². The van der Waals surface area contributed by atoms with Gasteiger partial charge in [0.05, 0.1) is 55.4 Å². The van der Waals surface area contributed by atoms with Crippen LogP contribution in [-0.4, -0.2) is 255 Å². The number of carbonyl (C=O) groups excluding carboxylic acids is 2. The number of carbonyl (C=O) groups is 2. The Morgan fingerprint density at radius 2 is 1.31 bits per heavy atom. The molecule has 7 aliphatic rings. The summed E-state index contributed by atoms with van der Waals surface area (Å²) in [6.07, 6.45) is -28.4. The molecule has 0 unspecified atom stereocenters. The number of fused-ring (bicyclic) bond motifs is 3. The summed E-state index contributed by atoms with van der Waals surface area (Å²) >= 11 is 0. The van der Waals surface area contributed by atoms with Crippen molar-refractivity contribution in [3.8, 4) is 0 Å². The first-order valence-corrected chi connectivity index (χ1v) is 29.3. The van der Waals surface area contributed by atoms with Crippen molar-refractivity contribution < 1.29 is 124 Å². The van der Waals surface area contributed by atoms with Gasteiger partial charge < -0.3 is 119 Å². The Kier molecular flexibility index (Phi) is 21.8. The molecule has 26 heteroatoms. The molecule has 4 saturated heterocycles. The maximum Gasteiger partial charge on any atom is 0.303 e. The minimum atomic E-state index is -1.90. The number of ether oxygens (including phenoxy) is 9. The summed E-state index contributed by atoms with van der Waals surface area (Å²) in [4.78, 5) is 25.2. The van der Waals surface area contributed by atoms with Crippen LogP contribution in [0.15, 0.2) is 11.6 Å². The van der Waals surface area contributed by atoms with Gasteiger partial charge in [0.25, 0.3) is 0 Å². The zero-order chi connectivity index (χ0) is 61.8. The van der Waals surface area contributed by atoms with Crippen molar-refractivity contribution in [3.05, 3.63) is 11.6 Å². The number of aliphatic hydroxyl groups excluding tert-OH is 12. The lowest BCUT2D eigenvalue weighted by Crippen LogP contribution is -2.68. The van der Waals surface area contributed by atoms with Crippen molar-refractivity contribution in [3.63, 3.8) is 0 Å². The van der Waals surface area contributed by atoms with Crippen LogP contribution in [0.4, 0.5) is 0 Å². The highest BCUT2D eigenvalue weighted by molar-refractivity contribution is 5.73. The number of allylic oxidation sites excluding steroid dienone is 1. The smallest absolute Gasteiger partial charge is 0.303 e. The third kappa shape index (κ3) is 14.1. The average Bonchev–Trinajstić information content (AvgIpc) is 2.08. The molecule has 4 aliphatic heterocycles. The molecule has 0 aromatic rings. The molecular formula is C57H97NO25. The molecule has 29 atom stereocenters. The maximum absolute atomic E-state index is 12.8. The minimum Gasteiger partial charge on any atom is -0.457 e. The number of hydrogen-bond donors (Lipinski definition) is 15. The fraction of sp³-hybridized carbons (Fsp3) is 0.930. The average molecular weight is 1200 g/mol. The predicted molar refractivity (Wildman–Crippen MR) is 286 cm³/mol. The molecule has 0 bridgehead atoms. The van der Waals surface area contributed by atoms with E-state index >= 15 is 0 Å². The van der Waals surface area contributed by atoms with E-state index in [1.54, 1.807) is 6.92 Å². The van der Waals surface area contributed by atoms with E-state index in [-0.39, 0.29) is 18.3 Å². The zero-order valence-corrected chi connectivity index (χ0v) is 49.6. The Morgan fingerprint density at radius 1 is 0.699 bits per heavy atom. The van der Waals surface area contributed by atoms with Gasteiger partial charge in [-0.15, -0.1) is 0 Å². The van der Waals surface area contributed by atoms with Crippen molar-refractivity contribution in [2.75, 3.05) is 19.8 Å². The first-order chi connectivity index (χ1) is 38.5. The van der Waals surface area contributed by atoms with Crippen molar-refractivity contribution in [2.45, 2.75) is 280 Å². The molecular weight excluding hydrogens is 1100 g/mol. The monoisotopic (exact) mass is 1200 g/mol. The lowest BCUT2D eigenvalue weighted by Gasteiger charge is -2.64. The normalized spacial score (nSPS) is 46.4. The molecule has 0 aromatic heterocycles. The Hall–Kier alpha value is -2.20. The molecule has 7 fully saturated rings. The molecule has 480 valence electrons. The summed E-state index contributed by atoms with van der Waals surface area (Å²) in [6, 6.07) is -1.52. The van der Waals surface area contributed by atoms with Gasteiger partial charge in [-0.05, 0) is 114 Å². The van der Waals surface area contributed by atoms with Gasteiger partial charge >= 0.3 is 5.97 Å². The summed E-state index contributed by atoms with van der Waals surface area (Å²) in [5.74, 6) is -2.22. The van der Waals surface area contributed by atoms with E-state index in [2.05, 4.69) is 33.0 Å². The summed E-state index contributed by atoms with van der Waals surface area (Å²) in [6.45, 7) is 16.7. The molecule has 83 heavy (non-hydrogen) atoms. The van der Waals surface area contributed by atoms with Crippen LogP contribution in [0.1, 0.15) is 128 Å². The number of esters is 1. The third-order valence-electron chi connectivity index (χ3n) is 19.8. The highest BCUT2D eigenvalue weighted by Gasteiger charge is 2.69. The number of rotatable bonds is 20. The molecule has 0 radical (unpaired) electrons. The van der Waals surface area contributed by atoms with E-state index in [1.165, 1.54) is 20.8 Å². The van der Waals surface area contributed by atoms with E-state index in [1.807, 2.05) is 13.0 Å². The Balaban J connectivity index is 1.17. The van der Waals surface area contributed by atoms with Gasteiger partial charge in [-0.3, -0.25) is 9.59 Å². The second-order valence-electron chi connectivity index (χ2n) is 26.8. The van der Waals surface area contributed by atoms with Gasteiger partial charge in [-0.25, -0.2) is 0 Å². The van der Waals surface area contributed by atoms with Crippen molar-refractivity contribution in [2.24, 2.45) is 34.0 Å². The van der Waals surface area contributed by atoms with Gasteiger partial charge in [0.2, 0.25) is 5.91 Å².